The molecule has 0 radical (unpaired) electrons. The topological polar surface area (TPSA) is 57.6 Å². The highest BCUT2D eigenvalue weighted by Gasteiger charge is 2.34. The Bertz CT molecular complexity index is 1080. The maximum atomic E-state index is 13.8. The van der Waals surface area contributed by atoms with Crippen LogP contribution in [0.15, 0.2) is 70.5 Å². The van der Waals surface area contributed by atoms with E-state index in [1.165, 1.54) is 24.3 Å². The van der Waals surface area contributed by atoms with Gasteiger partial charge in [0.2, 0.25) is 5.91 Å². The quantitative estimate of drug-likeness (QED) is 0.433. The number of carbonyl (C=O) groups is 2. The molecule has 32 heavy (non-hydrogen) atoms. The number of alkyl halides is 3. The number of nitrogens with zero attached hydrogens (tertiary/aromatic N) is 1. The van der Waals surface area contributed by atoms with E-state index in [9.17, 15) is 22.8 Å². The van der Waals surface area contributed by atoms with Gasteiger partial charge in [0.1, 0.15) is 6.04 Å². The van der Waals surface area contributed by atoms with Gasteiger partial charge in [0.25, 0.3) is 0 Å². The second-order valence-corrected chi connectivity index (χ2v) is 8.67. The number of halogens is 3. The summed E-state index contributed by atoms with van der Waals surface area (Å²) in [5, 5.41) is 9.15. The summed E-state index contributed by atoms with van der Waals surface area (Å²) in [5.74, 6) is -1.58. The van der Waals surface area contributed by atoms with Gasteiger partial charge in [-0.15, -0.1) is 0 Å². The second kappa shape index (κ2) is 9.65. The standard InChI is InChI=1S/C24H22F3NO3S/c1-15(2)17-6-3-4-8-20(17)32-21-11-9-16(14-18(21)24(25,26)27)10-12-22(29)28-13-5-7-19(28)23(30)31/h3-12,14-15,19H,13H2,1-2H3,(H,30,31)/b12-10+. The molecule has 1 atom stereocenters. The smallest absolute Gasteiger partial charge is 0.417 e. The molecule has 0 spiro atoms. The number of hydrogen-bond donors (Lipinski definition) is 1. The zero-order valence-electron chi connectivity index (χ0n) is 17.5. The lowest BCUT2D eigenvalue weighted by Crippen LogP contribution is -2.39. The molecule has 168 valence electrons. The van der Waals surface area contributed by atoms with E-state index >= 15 is 0 Å². The molecule has 1 aliphatic heterocycles. The van der Waals surface area contributed by atoms with Gasteiger partial charge in [-0.3, -0.25) is 4.79 Å². The fourth-order valence-corrected chi connectivity index (χ4v) is 4.58. The van der Waals surface area contributed by atoms with Crippen LogP contribution >= 0.6 is 11.8 Å². The predicted molar refractivity (Wildman–Crippen MR) is 117 cm³/mol. The van der Waals surface area contributed by atoms with E-state index in [2.05, 4.69) is 0 Å². The number of benzene rings is 2. The van der Waals surface area contributed by atoms with Crippen molar-refractivity contribution in [2.75, 3.05) is 6.54 Å². The monoisotopic (exact) mass is 461 g/mol. The molecule has 1 amide bonds. The Balaban J connectivity index is 1.87. The molecule has 2 aromatic carbocycles. The summed E-state index contributed by atoms with van der Waals surface area (Å²) in [6.07, 6.45) is 0.755. The van der Waals surface area contributed by atoms with Gasteiger partial charge in [-0.1, -0.05) is 62.0 Å². The normalized spacial score (nSPS) is 16.3. The SMILES string of the molecule is CC(C)c1ccccc1Sc1ccc(/C=C/C(=O)N2CC=CC2C(=O)O)cc1C(F)(F)F. The third-order valence-corrected chi connectivity index (χ3v) is 6.15. The number of aliphatic carboxylic acids is 1. The van der Waals surface area contributed by atoms with Crippen LogP contribution in [-0.2, 0) is 15.8 Å². The maximum absolute atomic E-state index is 13.8. The Morgan fingerprint density at radius 3 is 2.53 bits per heavy atom. The first kappa shape index (κ1) is 23.7. The van der Waals surface area contributed by atoms with Crippen molar-refractivity contribution in [1.82, 2.24) is 4.90 Å². The molecule has 0 aromatic heterocycles. The highest BCUT2D eigenvalue weighted by atomic mass is 32.2. The summed E-state index contributed by atoms with van der Waals surface area (Å²) in [7, 11) is 0. The van der Waals surface area contributed by atoms with Gasteiger partial charge in [0, 0.05) is 22.4 Å². The number of carboxylic acid groups (broad SMARTS) is 1. The molecule has 1 unspecified atom stereocenters. The van der Waals surface area contributed by atoms with Crippen molar-refractivity contribution in [3.63, 3.8) is 0 Å². The molecule has 1 N–H and O–H groups in total. The molecule has 0 saturated carbocycles. The van der Waals surface area contributed by atoms with Crippen LogP contribution in [0.25, 0.3) is 6.08 Å². The number of carbonyl (C=O) groups excluding carboxylic acids is 1. The lowest BCUT2D eigenvalue weighted by molar-refractivity contribution is -0.145. The van der Waals surface area contributed by atoms with Gasteiger partial charge in [0.05, 0.1) is 5.56 Å². The summed E-state index contributed by atoms with van der Waals surface area (Å²) in [4.78, 5) is 25.5. The Morgan fingerprint density at radius 2 is 1.88 bits per heavy atom. The van der Waals surface area contributed by atoms with Gasteiger partial charge < -0.3 is 10.0 Å². The second-order valence-electron chi connectivity index (χ2n) is 7.58. The van der Waals surface area contributed by atoms with E-state index < -0.39 is 29.7 Å². The Hall–Kier alpha value is -3.00. The van der Waals surface area contributed by atoms with Crippen molar-refractivity contribution in [2.45, 2.75) is 41.8 Å². The lowest BCUT2D eigenvalue weighted by Gasteiger charge is -2.19. The van der Waals surface area contributed by atoms with Gasteiger partial charge in [-0.2, -0.15) is 13.2 Å². The average Bonchev–Trinajstić information content (AvgIpc) is 3.22. The van der Waals surface area contributed by atoms with Crippen LogP contribution in [0.5, 0.6) is 0 Å². The summed E-state index contributed by atoms with van der Waals surface area (Å²) >= 11 is 1.06. The van der Waals surface area contributed by atoms with E-state index in [1.54, 1.807) is 18.2 Å². The number of carboxylic acids is 1. The number of hydrogen-bond acceptors (Lipinski definition) is 3. The van der Waals surface area contributed by atoms with Gasteiger partial charge in [0.15, 0.2) is 0 Å². The van der Waals surface area contributed by atoms with E-state index in [4.69, 9.17) is 5.11 Å². The molecule has 1 heterocycles. The van der Waals surface area contributed by atoms with Crippen LogP contribution in [0.1, 0.15) is 36.5 Å². The first-order valence-corrected chi connectivity index (χ1v) is 10.8. The first-order chi connectivity index (χ1) is 15.1. The van der Waals surface area contributed by atoms with Gasteiger partial charge in [-0.05, 0) is 41.3 Å². The number of amides is 1. The Morgan fingerprint density at radius 1 is 1.16 bits per heavy atom. The van der Waals surface area contributed by atoms with Crippen LogP contribution in [0.3, 0.4) is 0 Å². The van der Waals surface area contributed by atoms with Crippen LogP contribution in [0.4, 0.5) is 13.2 Å². The van der Waals surface area contributed by atoms with Crippen molar-refractivity contribution in [3.05, 3.63) is 77.4 Å². The zero-order chi connectivity index (χ0) is 23.5. The lowest BCUT2D eigenvalue weighted by atomic mass is 10.0. The maximum Gasteiger partial charge on any atom is 0.417 e. The molecule has 0 saturated heterocycles. The fraction of sp³-hybridized carbons (Fsp3) is 0.250. The molecule has 2 aromatic rings. The molecule has 0 bridgehead atoms. The average molecular weight is 462 g/mol. The summed E-state index contributed by atoms with van der Waals surface area (Å²) in [5.41, 5.74) is 0.375. The van der Waals surface area contributed by atoms with Crippen LogP contribution in [0.2, 0.25) is 0 Å². The van der Waals surface area contributed by atoms with Crippen LogP contribution < -0.4 is 0 Å². The highest BCUT2D eigenvalue weighted by molar-refractivity contribution is 7.99. The fourth-order valence-electron chi connectivity index (χ4n) is 3.36. The van der Waals surface area contributed by atoms with Crippen molar-refractivity contribution >= 4 is 29.7 Å². The number of rotatable bonds is 6. The van der Waals surface area contributed by atoms with Crippen molar-refractivity contribution in [1.29, 1.82) is 0 Å². The molecular formula is C24H22F3NO3S. The molecular weight excluding hydrogens is 439 g/mol. The van der Waals surface area contributed by atoms with E-state index in [1.807, 2.05) is 26.0 Å². The largest absolute Gasteiger partial charge is 0.479 e. The minimum absolute atomic E-state index is 0.0729. The third kappa shape index (κ3) is 5.43. The summed E-state index contributed by atoms with van der Waals surface area (Å²) in [6.45, 7) is 4.11. The molecule has 4 nitrogen and oxygen atoms in total. The predicted octanol–water partition coefficient (Wildman–Crippen LogP) is 5.84. The van der Waals surface area contributed by atoms with E-state index in [-0.39, 0.29) is 22.9 Å². The Kier molecular flexibility index (Phi) is 7.13. The summed E-state index contributed by atoms with van der Waals surface area (Å²) in [6, 6.07) is 10.2. The van der Waals surface area contributed by atoms with Crippen LogP contribution in [-0.4, -0.2) is 34.5 Å². The molecule has 8 heteroatoms. The Labute approximate surface area is 188 Å². The summed E-state index contributed by atoms with van der Waals surface area (Å²) < 4.78 is 41.4. The first-order valence-electron chi connectivity index (χ1n) is 9.94. The zero-order valence-corrected chi connectivity index (χ0v) is 18.3. The van der Waals surface area contributed by atoms with Gasteiger partial charge >= 0.3 is 12.1 Å². The molecule has 0 fully saturated rings. The molecule has 1 aliphatic rings. The van der Waals surface area contributed by atoms with E-state index in [0.29, 0.717) is 0 Å². The molecule has 0 aliphatic carbocycles. The highest BCUT2D eigenvalue weighted by Crippen LogP contribution is 2.42. The van der Waals surface area contributed by atoms with Crippen LogP contribution in [0, 0.1) is 0 Å². The minimum atomic E-state index is -4.57. The van der Waals surface area contributed by atoms with Crippen molar-refractivity contribution in [2.24, 2.45) is 0 Å². The van der Waals surface area contributed by atoms with Crippen molar-refractivity contribution in [3.8, 4) is 0 Å². The molecule has 3 rings (SSSR count). The minimum Gasteiger partial charge on any atom is -0.479 e. The van der Waals surface area contributed by atoms with Gasteiger partial charge in [-0.25, -0.2) is 4.79 Å². The third-order valence-electron chi connectivity index (χ3n) is 4.98. The van der Waals surface area contributed by atoms with E-state index in [0.717, 1.165) is 39.3 Å². The van der Waals surface area contributed by atoms with Crippen molar-refractivity contribution < 1.29 is 27.9 Å².